The summed E-state index contributed by atoms with van der Waals surface area (Å²) >= 11 is 5.91. The molecule has 1 aromatic carbocycles. The second kappa shape index (κ2) is 5.65. The van der Waals surface area contributed by atoms with Crippen LogP contribution in [0.3, 0.4) is 0 Å². The van der Waals surface area contributed by atoms with Crippen molar-refractivity contribution in [1.82, 2.24) is 10.2 Å². The molecule has 0 aromatic heterocycles. The van der Waals surface area contributed by atoms with Gasteiger partial charge < -0.3 is 5.32 Å². The third-order valence-electron chi connectivity index (χ3n) is 3.23. The van der Waals surface area contributed by atoms with E-state index in [4.69, 9.17) is 11.6 Å². The summed E-state index contributed by atoms with van der Waals surface area (Å²) in [4.78, 5) is 12.6. The Kier molecular flexibility index (Phi) is 4.16. The topological polar surface area (TPSA) is 58.4 Å². The molecule has 0 radical (unpaired) electrons. The molecule has 1 unspecified atom stereocenters. The first-order chi connectivity index (χ1) is 8.58. The number of halogens is 1. The van der Waals surface area contributed by atoms with E-state index < -0.39 is 4.92 Å². The third-order valence-corrected chi connectivity index (χ3v) is 3.54. The summed E-state index contributed by atoms with van der Waals surface area (Å²) in [7, 11) is 0. The van der Waals surface area contributed by atoms with Crippen molar-refractivity contribution >= 4 is 17.3 Å². The van der Waals surface area contributed by atoms with Gasteiger partial charge in [-0.1, -0.05) is 17.7 Å². The average Bonchev–Trinajstić information content (AvgIpc) is 2.32. The highest BCUT2D eigenvalue weighted by Gasteiger charge is 2.19. The SMILES string of the molecule is CC1CNCCN1Cc1ccc([N+](=O)[O-])c(Cl)c1. The molecule has 1 N–H and O–H groups in total. The zero-order chi connectivity index (χ0) is 13.1. The van der Waals surface area contributed by atoms with E-state index in [0.29, 0.717) is 6.04 Å². The molecule has 5 nitrogen and oxygen atoms in total. The highest BCUT2D eigenvalue weighted by atomic mass is 35.5. The van der Waals surface area contributed by atoms with Gasteiger partial charge in [0.05, 0.1) is 4.92 Å². The summed E-state index contributed by atoms with van der Waals surface area (Å²) in [6.07, 6.45) is 0. The first-order valence-corrected chi connectivity index (χ1v) is 6.33. The molecule has 1 heterocycles. The van der Waals surface area contributed by atoms with Crippen LogP contribution in [0.25, 0.3) is 0 Å². The number of nitrogens with zero attached hydrogens (tertiary/aromatic N) is 2. The van der Waals surface area contributed by atoms with Gasteiger partial charge in [-0.15, -0.1) is 0 Å². The largest absolute Gasteiger partial charge is 0.314 e. The van der Waals surface area contributed by atoms with Crippen molar-refractivity contribution in [2.75, 3.05) is 19.6 Å². The van der Waals surface area contributed by atoms with Crippen molar-refractivity contribution in [1.29, 1.82) is 0 Å². The molecule has 0 amide bonds. The van der Waals surface area contributed by atoms with Crippen LogP contribution in [-0.4, -0.2) is 35.5 Å². The molecule has 1 aromatic rings. The maximum absolute atomic E-state index is 10.7. The number of piperazine rings is 1. The Bertz CT molecular complexity index is 453. The Morgan fingerprint density at radius 3 is 3.00 bits per heavy atom. The maximum Gasteiger partial charge on any atom is 0.287 e. The van der Waals surface area contributed by atoms with Gasteiger partial charge in [0.2, 0.25) is 0 Å². The summed E-state index contributed by atoms with van der Waals surface area (Å²) in [5, 5.41) is 14.2. The molecule has 0 saturated carbocycles. The minimum atomic E-state index is -0.459. The van der Waals surface area contributed by atoms with Gasteiger partial charge >= 0.3 is 0 Å². The maximum atomic E-state index is 10.7. The third kappa shape index (κ3) is 2.98. The number of rotatable bonds is 3. The van der Waals surface area contributed by atoms with Gasteiger partial charge in [0.1, 0.15) is 5.02 Å². The van der Waals surface area contributed by atoms with Crippen molar-refractivity contribution in [3.63, 3.8) is 0 Å². The summed E-state index contributed by atoms with van der Waals surface area (Å²) in [6, 6.07) is 5.41. The summed E-state index contributed by atoms with van der Waals surface area (Å²) in [6.45, 7) is 5.88. The molecule has 0 bridgehead atoms. The molecule has 2 rings (SSSR count). The van der Waals surface area contributed by atoms with Crippen LogP contribution >= 0.6 is 11.6 Å². The lowest BCUT2D eigenvalue weighted by molar-refractivity contribution is -0.384. The zero-order valence-corrected chi connectivity index (χ0v) is 11.0. The van der Waals surface area contributed by atoms with E-state index >= 15 is 0 Å². The van der Waals surface area contributed by atoms with Gasteiger partial charge in [-0.05, 0) is 18.6 Å². The van der Waals surface area contributed by atoms with Crippen LogP contribution in [0.5, 0.6) is 0 Å². The molecule has 98 valence electrons. The van der Waals surface area contributed by atoms with Crippen LogP contribution in [0.4, 0.5) is 5.69 Å². The number of hydrogen-bond donors (Lipinski definition) is 1. The molecule has 6 heteroatoms. The normalized spacial score (nSPS) is 20.9. The van der Waals surface area contributed by atoms with E-state index in [1.807, 2.05) is 0 Å². The predicted molar refractivity (Wildman–Crippen MR) is 70.8 cm³/mol. The van der Waals surface area contributed by atoms with Crippen LogP contribution < -0.4 is 5.32 Å². The van der Waals surface area contributed by atoms with E-state index in [-0.39, 0.29) is 10.7 Å². The molecule has 1 fully saturated rings. The molecule has 1 aliphatic heterocycles. The van der Waals surface area contributed by atoms with Crippen molar-refractivity contribution in [2.45, 2.75) is 19.5 Å². The number of benzene rings is 1. The molecule has 1 saturated heterocycles. The van der Waals surface area contributed by atoms with E-state index in [1.165, 1.54) is 6.07 Å². The fraction of sp³-hybridized carbons (Fsp3) is 0.500. The van der Waals surface area contributed by atoms with Crippen molar-refractivity contribution in [3.8, 4) is 0 Å². The quantitative estimate of drug-likeness (QED) is 0.674. The van der Waals surface area contributed by atoms with Crippen molar-refractivity contribution < 1.29 is 4.92 Å². The molecule has 0 spiro atoms. The van der Waals surface area contributed by atoms with Crippen LogP contribution in [0.2, 0.25) is 5.02 Å². The Morgan fingerprint density at radius 1 is 1.61 bits per heavy atom. The van der Waals surface area contributed by atoms with Crippen LogP contribution in [0, 0.1) is 10.1 Å². The Balaban J connectivity index is 2.10. The first kappa shape index (κ1) is 13.3. The van der Waals surface area contributed by atoms with Gasteiger partial charge in [0.25, 0.3) is 5.69 Å². The Morgan fingerprint density at radius 2 is 2.39 bits per heavy atom. The van der Waals surface area contributed by atoms with Gasteiger partial charge in [0, 0.05) is 38.3 Å². The standard InChI is InChI=1S/C12H16ClN3O2/c1-9-7-14-4-5-15(9)8-10-2-3-12(16(17)18)11(13)6-10/h2-3,6,9,14H,4-5,7-8H2,1H3. The lowest BCUT2D eigenvalue weighted by Gasteiger charge is -2.33. The number of nitrogens with one attached hydrogen (secondary N) is 1. The van der Waals surface area contributed by atoms with Crippen LogP contribution in [-0.2, 0) is 6.54 Å². The summed E-state index contributed by atoms with van der Waals surface area (Å²) in [5.41, 5.74) is 0.980. The number of nitro groups is 1. The molecule has 1 aliphatic rings. The van der Waals surface area contributed by atoms with Crippen LogP contribution in [0.1, 0.15) is 12.5 Å². The molecule has 0 aliphatic carbocycles. The number of hydrogen-bond acceptors (Lipinski definition) is 4. The Hall–Kier alpha value is -1.17. The second-order valence-corrected chi connectivity index (χ2v) is 4.97. The fourth-order valence-corrected chi connectivity index (χ4v) is 2.42. The lowest BCUT2D eigenvalue weighted by atomic mass is 10.1. The summed E-state index contributed by atoms with van der Waals surface area (Å²) in [5.74, 6) is 0. The smallest absolute Gasteiger partial charge is 0.287 e. The van der Waals surface area contributed by atoms with E-state index in [9.17, 15) is 10.1 Å². The highest BCUT2D eigenvalue weighted by molar-refractivity contribution is 6.32. The minimum absolute atomic E-state index is 0.0335. The predicted octanol–water partition coefficient (Wildman–Crippen LogP) is 2.04. The van der Waals surface area contributed by atoms with Gasteiger partial charge in [-0.25, -0.2) is 0 Å². The second-order valence-electron chi connectivity index (χ2n) is 4.57. The van der Waals surface area contributed by atoms with Gasteiger partial charge in [0.15, 0.2) is 0 Å². The van der Waals surface area contributed by atoms with Crippen molar-refractivity contribution in [2.24, 2.45) is 0 Å². The Labute approximate surface area is 111 Å². The minimum Gasteiger partial charge on any atom is -0.314 e. The van der Waals surface area contributed by atoms with Crippen molar-refractivity contribution in [3.05, 3.63) is 38.9 Å². The van der Waals surface area contributed by atoms with Gasteiger partial charge in [-0.2, -0.15) is 0 Å². The van der Waals surface area contributed by atoms with E-state index in [0.717, 1.165) is 31.7 Å². The first-order valence-electron chi connectivity index (χ1n) is 5.95. The molecular weight excluding hydrogens is 254 g/mol. The zero-order valence-electron chi connectivity index (χ0n) is 10.2. The molecule has 18 heavy (non-hydrogen) atoms. The monoisotopic (exact) mass is 269 g/mol. The number of nitro benzene ring substituents is 1. The summed E-state index contributed by atoms with van der Waals surface area (Å²) < 4.78 is 0. The lowest BCUT2D eigenvalue weighted by Crippen LogP contribution is -2.49. The molecule has 1 atom stereocenters. The molecular formula is C12H16ClN3O2. The van der Waals surface area contributed by atoms with E-state index in [1.54, 1.807) is 12.1 Å². The highest BCUT2D eigenvalue weighted by Crippen LogP contribution is 2.25. The van der Waals surface area contributed by atoms with Gasteiger partial charge in [-0.3, -0.25) is 15.0 Å². The van der Waals surface area contributed by atoms with Crippen LogP contribution in [0.15, 0.2) is 18.2 Å². The fourth-order valence-electron chi connectivity index (χ4n) is 2.15. The average molecular weight is 270 g/mol. The van der Waals surface area contributed by atoms with E-state index in [2.05, 4.69) is 17.1 Å².